The van der Waals surface area contributed by atoms with Crippen LogP contribution < -0.4 is 5.32 Å². The lowest BCUT2D eigenvalue weighted by Gasteiger charge is -2.26. The van der Waals surface area contributed by atoms with E-state index in [2.05, 4.69) is 30.9 Å². The Morgan fingerprint density at radius 1 is 1.50 bits per heavy atom. The second-order valence-electron chi connectivity index (χ2n) is 3.01. The Balaban J connectivity index is 0.000000810. The van der Waals surface area contributed by atoms with Crippen LogP contribution in [0.1, 0.15) is 13.8 Å². The van der Waals surface area contributed by atoms with Crippen LogP contribution in [0.25, 0.3) is 0 Å². The average Bonchev–Trinajstić information content (AvgIpc) is 1.60. The maximum atomic E-state index is 3.26. The van der Waals surface area contributed by atoms with Crippen molar-refractivity contribution in [1.29, 1.82) is 0 Å². The highest BCUT2D eigenvalue weighted by Crippen LogP contribution is 2.17. The molecule has 62 valence electrons. The molecule has 1 fully saturated rings. The maximum absolute atomic E-state index is 3.26. The molecule has 0 radical (unpaired) electrons. The fraction of sp³-hybridized carbons (Fsp3) is 1.00. The molecule has 1 saturated heterocycles. The zero-order chi connectivity index (χ0) is 6.69. The molecule has 0 atom stereocenters. The Morgan fingerprint density at radius 2 is 2.10 bits per heavy atom. The lowest BCUT2D eigenvalue weighted by molar-refractivity contribution is 0.542. The van der Waals surface area contributed by atoms with E-state index in [1.165, 1.54) is 18.8 Å². The summed E-state index contributed by atoms with van der Waals surface area (Å²) in [5.41, 5.74) is 0. The Morgan fingerprint density at radius 3 is 2.40 bits per heavy atom. The quantitative estimate of drug-likeness (QED) is 0.713. The van der Waals surface area contributed by atoms with Gasteiger partial charge in [0, 0.05) is 18.3 Å². The molecule has 1 heterocycles. The Bertz CT molecular complexity index is 83.7. The third-order valence-electron chi connectivity index (χ3n) is 1.41. The maximum Gasteiger partial charge on any atom is 0.0297 e. The van der Waals surface area contributed by atoms with Crippen molar-refractivity contribution in [2.45, 2.75) is 19.1 Å². The first-order valence-electron chi connectivity index (χ1n) is 3.61. The van der Waals surface area contributed by atoms with E-state index in [9.17, 15) is 0 Å². The Labute approximate surface area is 73.7 Å². The average molecular weight is 182 g/mol. The Kier molecular flexibility index (Phi) is 5.59. The molecule has 1 rings (SSSR count). The molecule has 0 bridgehead atoms. The van der Waals surface area contributed by atoms with Gasteiger partial charge in [-0.15, -0.1) is 12.4 Å². The van der Waals surface area contributed by atoms with E-state index < -0.39 is 0 Å². The van der Waals surface area contributed by atoms with Gasteiger partial charge in [-0.05, 0) is 11.7 Å². The van der Waals surface area contributed by atoms with Gasteiger partial charge < -0.3 is 5.32 Å². The smallest absolute Gasteiger partial charge is 0.0297 e. The van der Waals surface area contributed by atoms with E-state index in [4.69, 9.17) is 0 Å². The third-order valence-corrected chi connectivity index (χ3v) is 3.07. The molecule has 1 aliphatic heterocycles. The number of halogens is 1. The van der Waals surface area contributed by atoms with E-state index in [0.717, 1.165) is 11.2 Å². The van der Waals surface area contributed by atoms with Crippen LogP contribution in [-0.2, 0) is 0 Å². The van der Waals surface area contributed by atoms with Crippen molar-refractivity contribution in [3.8, 4) is 0 Å². The summed E-state index contributed by atoms with van der Waals surface area (Å²) in [5, 5.41) is 4.19. The SMILES string of the molecule is CC(C)CSC1CNC1.Cl. The molecule has 1 nitrogen and oxygen atoms in total. The first kappa shape index (κ1) is 10.6. The van der Waals surface area contributed by atoms with Gasteiger partial charge in [0.15, 0.2) is 0 Å². The minimum atomic E-state index is 0. The van der Waals surface area contributed by atoms with Gasteiger partial charge in [0.05, 0.1) is 0 Å². The predicted octanol–water partition coefficient (Wildman–Crippen LogP) is 1.77. The highest BCUT2D eigenvalue weighted by atomic mass is 35.5. The van der Waals surface area contributed by atoms with E-state index in [1.807, 2.05) is 0 Å². The van der Waals surface area contributed by atoms with Crippen LogP contribution in [0, 0.1) is 5.92 Å². The summed E-state index contributed by atoms with van der Waals surface area (Å²) in [4.78, 5) is 0. The van der Waals surface area contributed by atoms with Crippen molar-refractivity contribution in [2.75, 3.05) is 18.8 Å². The van der Waals surface area contributed by atoms with Crippen molar-refractivity contribution in [2.24, 2.45) is 5.92 Å². The van der Waals surface area contributed by atoms with E-state index >= 15 is 0 Å². The molecule has 0 spiro atoms. The van der Waals surface area contributed by atoms with E-state index in [1.54, 1.807) is 0 Å². The minimum absolute atomic E-state index is 0. The van der Waals surface area contributed by atoms with Gasteiger partial charge in [0.2, 0.25) is 0 Å². The summed E-state index contributed by atoms with van der Waals surface area (Å²) in [6.07, 6.45) is 0. The fourth-order valence-electron chi connectivity index (χ4n) is 0.709. The number of hydrogen-bond donors (Lipinski definition) is 1. The van der Waals surface area contributed by atoms with Crippen LogP contribution in [0.5, 0.6) is 0 Å². The molecule has 0 aromatic rings. The van der Waals surface area contributed by atoms with Crippen molar-refractivity contribution in [3.63, 3.8) is 0 Å². The van der Waals surface area contributed by atoms with Crippen LogP contribution in [0.15, 0.2) is 0 Å². The van der Waals surface area contributed by atoms with Gasteiger partial charge in [-0.1, -0.05) is 13.8 Å². The van der Waals surface area contributed by atoms with Gasteiger partial charge in [-0.25, -0.2) is 0 Å². The van der Waals surface area contributed by atoms with Crippen LogP contribution in [-0.4, -0.2) is 24.1 Å². The van der Waals surface area contributed by atoms with Crippen LogP contribution in [0.4, 0.5) is 0 Å². The topological polar surface area (TPSA) is 12.0 Å². The number of hydrogen-bond acceptors (Lipinski definition) is 2. The molecule has 1 aliphatic rings. The normalized spacial score (nSPS) is 18.3. The molecule has 0 aliphatic carbocycles. The van der Waals surface area contributed by atoms with Crippen LogP contribution in [0.2, 0.25) is 0 Å². The van der Waals surface area contributed by atoms with Crippen molar-refractivity contribution < 1.29 is 0 Å². The standard InChI is InChI=1S/C7H15NS.ClH/c1-6(2)5-9-7-3-8-4-7;/h6-8H,3-5H2,1-2H3;1H. The molecule has 0 amide bonds. The van der Waals surface area contributed by atoms with Crippen LogP contribution in [0.3, 0.4) is 0 Å². The number of thioether (sulfide) groups is 1. The second kappa shape index (κ2) is 5.28. The van der Waals surface area contributed by atoms with Gasteiger partial charge in [-0.2, -0.15) is 11.8 Å². The highest BCUT2D eigenvalue weighted by molar-refractivity contribution is 8.00. The minimum Gasteiger partial charge on any atom is -0.314 e. The van der Waals surface area contributed by atoms with Gasteiger partial charge in [0.25, 0.3) is 0 Å². The number of rotatable bonds is 3. The first-order valence-corrected chi connectivity index (χ1v) is 4.66. The van der Waals surface area contributed by atoms with E-state index in [0.29, 0.717) is 0 Å². The molecule has 3 heteroatoms. The summed E-state index contributed by atoms with van der Waals surface area (Å²) in [6, 6.07) is 0. The van der Waals surface area contributed by atoms with Crippen molar-refractivity contribution in [3.05, 3.63) is 0 Å². The molecule has 0 unspecified atom stereocenters. The third kappa shape index (κ3) is 3.69. The largest absolute Gasteiger partial charge is 0.314 e. The number of nitrogens with one attached hydrogen (secondary N) is 1. The van der Waals surface area contributed by atoms with Gasteiger partial charge >= 0.3 is 0 Å². The fourth-order valence-corrected chi connectivity index (χ4v) is 1.84. The first-order chi connectivity index (χ1) is 4.29. The van der Waals surface area contributed by atoms with Gasteiger partial charge in [-0.3, -0.25) is 0 Å². The van der Waals surface area contributed by atoms with Crippen LogP contribution >= 0.6 is 24.2 Å². The summed E-state index contributed by atoms with van der Waals surface area (Å²) in [6.45, 7) is 7.02. The summed E-state index contributed by atoms with van der Waals surface area (Å²) in [7, 11) is 0. The zero-order valence-electron chi connectivity index (χ0n) is 6.59. The van der Waals surface area contributed by atoms with Crippen molar-refractivity contribution >= 4 is 24.2 Å². The molecular weight excluding hydrogens is 166 g/mol. The summed E-state index contributed by atoms with van der Waals surface area (Å²) >= 11 is 2.11. The second-order valence-corrected chi connectivity index (χ2v) is 4.34. The zero-order valence-corrected chi connectivity index (χ0v) is 8.23. The van der Waals surface area contributed by atoms with Crippen molar-refractivity contribution in [1.82, 2.24) is 5.32 Å². The molecule has 10 heavy (non-hydrogen) atoms. The van der Waals surface area contributed by atoms with E-state index in [-0.39, 0.29) is 12.4 Å². The lowest BCUT2D eigenvalue weighted by Crippen LogP contribution is -2.44. The highest BCUT2D eigenvalue weighted by Gasteiger charge is 2.16. The summed E-state index contributed by atoms with van der Waals surface area (Å²) < 4.78 is 0. The molecule has 0 aromatic heterocycles. The lowest BCUT2D eigenvalue weighted by atomic mass is 10.3. The molecule has 0 saturated carbocycles. The molecule has 1 N–H and O–H groups in total. The summed E-state index contributed by atoms with van der Waals surface area (Å²) in [5.74, 6) is 2.18. The predicted molar refractivity (Wildman–Crippen MR) is 51.2 cm³/mol. The van der Waals surface area contributed by atoms with Gasteiger partial charge in [0.1, 0.15) is 0 Å². The monoisotopic (exact) mass is 181 g/mol. The Hall–Kier alpha value is 0.600. The molecule has 0 aromatic carbocycles. The molecular formula is C7H16ClNS.